The van der Waals surface area contributed by atoms with Crippen molar-refractivity contribution < 1.29 is 0 Å². The Morgan fingerprint density at radius 2 is 1.37 bits per heavy atom. The lowest BCUT2D eigenvalue weighted by atomic mass is 10.4. The van der Waals surface area contributed by atoms with E-state index in [9.17, 15) is 0 Å². The van der Waals surface area contributed by atoms with Gasteiger partial charge in [-0.25, -0.2) is 0 Å². The van der Waals surface area contributed by atoms with Gasteiger partial charge in [-0.15, -0.1) is 6.58 Å². The molecule has 0 fully saturated rings. The van der Waals surface area contributed by atoms with E-state index in [2.05, 4.69) is 53.3 Å². The van der Waals surface area contributed by atoms with E-state index in [0.29, 0.717) is 0 Å². The van der Waals surface area contributed by atoms with Crippen LogP contribution in [0.5, 0.6) is 0 Å². The first-order valence-corrected chi connectivity index (χ1v) is 10.7. The van der Waals surface area contributed by atoms with Crippen LogP contribution >= 0.6 is 0 Å². The Morgan fingerprint density at radius 1 is 0.947 bits per heavy atom. The molecule has 0 aliphatic rings. The third kappa shape index (κ3) is 126. The summed E-state index contributed by atoms with van der Waals surface area (Å²) in [5.41, 5.74) is 0. The fourth-order valence-corrected chi connectivity index (χ4v) is 1.77. The van der Waals surface area contributed by atoms with Gasteiger partial charge in [-0.2, -0.15) is 0 Å². The highest BCUT2D eigenvalue weighted by molar-refractivity contribution is 6.09. The summed E-state index contributed by atoms with van der Waals surface area (Å²) in [5.74, 6) is 0. The Hall–Kier alpha value is 0.131. The van der Waals surface area contributed by atoms with Crippen LogP contribution in [0.4, 0.5) is 0 Å². The molecule has 0 heterocycles. The number of hydrogen-bond acceptors (Lipinski definition) is 0. The molecule has 0 aliphatic heterocycles. The minimum absolute atomic E-state index is 0. The van der Waals surface area contributed by atoms with Crippen molar-refractivity contribution in [2.75, 3.05) is 0 Å². The highest BCUT2D eigenvalue weighted by Gasteiger charge is 1.68. The van der Waals surface area contributed by atoms with Crippen molar-refractivity contribution in [1.82, 2.24) is 0 Å². The minimum atomic E-state index is 0. The maximum Gasteiger partial charge on any atom is 0.00754 e. The first-order valence-electron chi connectivity index (χ1n) is 7.88. The van der Waals surface area contributed by atoms with Crippen molar-refractivity contribution in [3.63, 3.8) is 0 Å². The zero-order chi connectivity index (χ0) is 15.1. The second-order valence-corrected chi connectivity index (χ2v) is 5.84. The van der Waals surface area contributed by atoms with Gasteiger partial charge in [-0.05, 0) is 30.4 Å². The molecule has 0 aromatic carbocycles. The summed E-state index contributed by atoms with van der Waals surface area (Å²) in [6.45, 7) is 14.2. The number of hydrogen-bond donors (Lipinski definition) is 0. The minimum Gasteiger partial charge on any atom is -0.103 e. The van der Waals surface area contributed by atoms with E-state index in [4.69, 9.17) is 0 Å². The van der Waals surface area contributed by atoms with Crippen LogP contribution in [0.2, 0.25) is 12.1 Å². The third-order valence-electron chi connectivity index (χ3n) is 1.97. The normalized spacial score (nSPS) is 8.05. The first kappa shape index (κ1) is 31.5. The van der Waals surface area contributed by atoms with Gasteiger partial charge >= 0.3 is 0 Å². The van der Waals surface area contributed by atoms with Crippen LogP contribution in [0.15, 0.2) is 24.8 Å². The number of rotatable bonds is 5. The SMILES string of the molecule is C=CCC.CC=CC[SiH3].CCCC.CCCC[SiH3].[SiH4]. The molecule has 0 atom stereocenters. The molecule has 0 saturated heterocycles. The van der Waals surface area contributed by atoms with E-state index >= 15 is 0 Å². The molecule has 0 aliphatic carbocycles. The van der Waals surface area contributed by atoms with Gasteiger partial charge in [-0.3, -0.25) is 0 Å². The van der Waals surface area contributed by atoms with Crippen molar-refractivity contribution >= 4 is 31.5 Å². The Kier molecular flexibility index (Phi) is 85.9. The van der Waals surface area contributed by atoms with Crippen molar-refractivity contribution in [2.24, 2.45) is 0 Å². The second kappa shape index (κ2) is 51.8. The molecule has 120 valence electrons. The summed E-state index contributed by atoms with van der Waals surface area (Å²) in [7, 11) is 2.71. The highest BCUT2D eigenvalue weighted by Crippen LogP contribution is 1.86. The lowest BCUT2D eigenvalue weighted by Crippen LogP contribution is -1.63. The summed E-state index contributed by atoms with van der Waals surface area (Å²) in [4.78, 5) is 0. The van der Waals surface area contributed by atoms with Crippen LogP contribution in [0.1, 0.15) is 66.7 Å². The quantitative estimate of drug-likeness (QED) is 0.540. The predicted molar refractivity (Wildman–Crippen MR) is 112 cm³/mol. The van der Waals surface area contributed by atoms with E-state index < -0.39 is 0 Å². The Labute approximate surface area is 135 Å². The van der Waals surface area contributed by atoms with Gasteiger partial charge in [0, 0.05) is 20.5 Å². The molecule has 19 heavy (non-hydrogen) atoms. The fourth-order valence-electron chi connectivity index (χ4n) is 0.589. The van der Waals surface area contributed by atoms with E-state index in [0.717, 1.165) is 6.42 Å². The van der Waals surface area contributed by atoms with E-state index in [-0.39, 0.29) is 11.0 Å². The van der Waals surface area contributed by atoms with Gasteiger partial charge in [0.25, 0.3) is 0 Å². The Morgan fingerprint density at radius 3 is 1.37 bits per heavy atom. The topological polar surface area (TPSA) is 0 Å². The summed E-state index contributed by atoms with van der Waals surface area (Å²) in [6, 6.07) is 2.78. The Balaban J connectivity index is -0.0000000453. The molecule has 0 spiro atoms. The van der Waals surface area contributed by atoms with Gasteiger partial charge in [0.2, 0.25) is 0 Å². The van der Waals surface area contributed by atoms with Gasteiger partial charge in [0.15, 0.2) is 0 Å². The van der Waals surface area contributed by atoms with Crippen molar-refractivity contribution in [3.8, 4) is 0 Å². The average molecular weight is 321 g/mol. The molecular formula is C16H44Si3. The largest absolute Gasteiger partial charge is 0.103 e. The fraction of sp³-hybridized carbons (Fsp3) is 0.750. The predicted octanol–water partition coefficient (Wildman–Crippen LogP) is 2.85. The second-order valence-electron chi connectivity index (χ2n) is 4.03. The highest BCUT2D eigenvalue weighted by atomic mass is 28.1. The lowest BCUT2D eigenvalue weighted by Gasteiger charge is -1.79. The molecule has 0 bridgehead atoms. The molecule has 0 N–H and O–H groups in total. The standard InChI is InChI=1S/C4H12Si.C4H10Si.C4H10.C4H8.H4Si/c2*1-2-3-4-5;2*1-3-4-2;/h2-4H2,1,5H3;2-3H,4H2,1,5H3;3-4H2,1-2H3;3H,1,4H2,2H3;1H4. The van der Waals surface area contributed by atoms with Crippen LogP contribution < -0.4 is 0 Å². The maximum absolute atomic E-state index is 3.48. The van der Waals surface area contributed by atoms with Gasteiger partial charge in [0.05, 0.1) is 0 Å². The van der Waals surface area contributed by atoms with Gasteiger partial charge in [0.1, 0.15) is 0 Å². The van der Waals surface area contributed by atoms with Crippen LogP contribution in [0, 0.1) is 0 Å². The zero-order valence-electron chi connectivity index (χ0n) is 14.4. The maximum atomic E-state index is 3.48. The molecular weight excluding hydrogens is 276 g/mol. The average Bonchev–Trinajstić information content (AvgIpc) is 2.42. The molecule has 0 rings (SSSR count). The van der Waals surface area contributed by atoms with Crippen molar-refractivity contribution in [1.29, 1.82) is 0 Å². The molecule has 3 heteroatoms. The van der Waals surface area contributed by atoms with Crippen molar-refractivity contribution in [2.45, 2.75) is 78.8 Å². The third-order valence-corrected chi connectivity index (χ3v) is 3.15. The van der Waals surface area contributed by atoms with E-state index in [1.54, 1.807) is 0 Å². The lowest BCUT2D eigenvalue weighted by molar-refractivity contribution is 0.884. The molecule has 0 amide bonds. The summed E-state index contributed by atoms with van der Waals surface area (Å²) >= 11 is 0. The monoisotopic (exact) mass is 320 g/mol. The van der Waals surface area contributed by atoms with Gasteiger partial charge < -0.3 is 0 Å². The van der Waals surface area contributed by atoms with Crippen LogP contribution in [-0.4, -0.2) is 31.5 Å². The molecule has 0 aromatic rings. The summed E-state index contributed by atoms with van der Waals surface area (Å²) in [6.07, 6.45) is 12.7. The van der Waals surface area contributed by atoms with E-state index in [1.807, 2.05) is 6.08 Å². The smallest absolute Gasteiger partial charge is 0.00754 e. The zero-order valence-corrected chi connectivity index (χ0v) is 18.4. The molecule has 0 unspecified atom stereocenters. The van der Waals surface area contributed by atoms with Crippen LogP contribution in [0.3, 0.4) is 0 Å². The Bertz CT molecular complexity index is 119. The number of allylic oxidation sites excluding steroid dienone is 3. The summed E-state index contributed by atoms with van der Waals surface area (Å²) in [5, 5.41) is 0. The van der Waals surface area contributed by atoms with E-state index in [1.165, 1.54) is 58.3 Å². The van der Waals surface area contributed by atoms with Gasteiger partial charge in [-0.1, -0.05) is 77.7 Å². The first-order chi connectivity index (χ1) is 8.66. The molecule has 0 aromatic heterocycles. The summed E-state index contributed by atoms with van der Waals surface area (Å²) < 4.78 is 0. The van der Waals surface area contributed by atoms with Crippen molar-refractivity contribution in [3.05, 3.63) is 24.8 Å². The molecule has 0 saturated carbocycles. The molecule has 0 nitrogen and oxygen atoms in total. The van der Waals surface area contributed by atoms with Crippen LogP contribution in [0.25, 0.3) is 0 Å². The number of unbranched alkanes of at least 4 members (excludes halogenated alkanes) is 2. The molecule has 0 radical (unpaired) electrons. The van der Waals surface area contributed by atoms with Crippen LogP contribution in [-0.2, 0) is 0 Å².